The molecule has 0 aromatic rings. The van der Waals surface area contributed by atoms with Gasteiger partial charge in [-0.05, 0) is 33.1 Å². The van der Waals surface area contributed by atoms with Crippen LogP contribution in [-0.4, -0.2) is 60.4 Å². The molecule has 0 rings (SSSR count). The highest BCUT2D eigenvalue weighted by Gasteiger charge is 2.22. The molecule has 1 unspecified atom stereocenters. The summed E-state index contributed by atoms with van der Waals surface area (Å²) < 4.78 is 15.7. The van der Waals surface area contributed by atoms with E-state index in [4.69, 9.17) is 29.5 Å². The summed E-state index contributed by atoms with van der Waals surface area (Å²) in [6.07, 6.45) is 1.74. The monoisotopic (exact) mass is 266 g/mol. The van der Waals surface area contributed by atoms with Gasteiger partial charge in [-0.3, -0.25) is 0 Å². The molecular formula is C12H26O6. The van der Waals surface area contributed by atoms with Gasteiger partial charge in [-0.15, -0.1) is 0 Å². The number of rotatable bonds is 12. The Morgan fingerprint density at radius 2 is 1.78 bits per heavy atom. The first-order valence-corrected chi connectivity index (χ1v) is 6.25. The largest absolute Gasteiger partial charge is 0.396 e. The molecule has 18 heavy (non-hydrogen) atoms. The molecule has 0 spiro atoms. The number of aliphatic hydroxyl groups excluding tert-OH is 3. The third kappa shape index (κ3) is 9.76. The van der Waals surface area contributed by atoms with E-state index >= 15 is 0 Å². The quantitative estimate of drug-likeness (QED) is 0.346. The Balaban J connectivity index is 3.56. The van der Waals surface area contributed by atoms with Gasteiger partial charge in [-0.1, -0.05) is 0 Å². The van der Waals surface area contributed by atoms with Crippen molar-refractivity contribution < 1.29 is 29.5 Å². The highest BCUT2D eigenvalue weighted by atomic mass is 16.8. The van der Waals surface area contributed by atoms with Gasteiger partial charge in [0.1, 0.15) is 6.79 Å². The highest BCUT2D eigenvalue weighted by Crippen LogP contribution is 2.12. The van der Waals surface area contributed by atoms with Gasteiger partial charge in [0.2, 0.25) is 0 Å². The van der Waals surface area contributed by atoms with E-state index < -0.39 is 11.9 Å². The molecule has 0 aliphatic carbocycles. The van der Waals surface area contributed by atoms with E-state index in [2.05, 4.69) is 0 Å². The lowest BCUT2D eigenvalue weighted by molar-refractivity contribution is -0.251. The van der Waals surface area contributed by atoms with E-state index in [0.717, 1.165) is 19.3 Å². The predicted molar refractivity (Wildman–Crippen MR) is 66.0 cm³/mol. The van der Waals surface area contributed by atoms with Gasteiger partial charge >= 0.3 is 0 Å². The maximum atomic E-state index is 9.04. The van der Waals surface area contributed by atoms with Crippen LogP contribution < -0.4 is 0 Å². The number of aliphatic hydroxyl groups is 3. The SMILES string of the molecule is CC(C)(CO)OC(CO)OCOCCCCCO. The van der Waals surface area contributed by atoms with E-state index in [-0.39, 0.29) is 26.6 Å². The summed E-state index contributed by atoms with van der Waals surface area (Å²) >= 11 is 0. The number of hydrogen-bond donors (Lipinski definition) is 3. The summed E-state index contributed by atoms with van der Waals surface area (Å²) in [6, 6.07) is 0. The fourth-order valence-corrected chi connectivity index (χ4v) is 1.19. The van der Waals surface area contributed by atoms with Crippen LogP contribution in [0.4, 0.5) is 0 Å². The van der Waals surface area contributed by atoms with Crippen molar-refractivity contribution in [1.82, 2.24) is 0 Å². The number of ether oxygens (including phenoxy) is 3. The normalized spacial score (nSPS) is 13.8. The minimum Gasteiger partial charge on any atom is -0.396 e. The average molecular weight is 266 g/mol. The van der Waals surface area contributed by atoms with Crippen LogP contribution in [0.25, 0.3) is 0 Å². The zero-order valence-corrected chi connectivity index (χ0v) is 11.3. The minimum atomic E-state index is -0.801. The first-order valence-electron chi connectivity index (χ1n) is 6.25. The van der Waals surface area contributed by atoms with Crippen LogP contribution in [0, 0.1) is 0 Å². The Hall–Kier alpha value is -0.240. The molecule has 1 atom stereocenters. The van der Waals surface area contributed by atoms with Crippen LogP contribution in [-0.2, 0) is 14.2 Å². The van der Waals surface area contributed by atoms with Crippen LogP contribution in [0.2, 0.25) is 0 Å². The lowest BCUT2D eigenvalue weighted by Gasteiger charge is -2.27. The fourth-order valence-electron chi connectivity index (χ4n) is 1.19. The lowest BCUT2D eigenvalue weighted by Crippen LogP contribution is -2.37. The maximum Gasteiger partial charge on any atom is 0.184 e. The molecule has 0 saturated heterocycles. The Morgan fingerprint density at radius 1 is 1.06 bits per heavy atom. The summed E-state index contributed by atoms with van der Waals surface area (Å²) in [5.41, 5.74) is -0.755. The van der Waals surface area contributed by atoms with Crippen LogP contribution in [0.3, 0.4) is 0 Å². The number of hydrogen-bond acceptors (Lipinski definition) is 6. The Morgan fingerprint density at radius 3 is 2.33 bits per heavy atom. The third-order valence-corrected chi connectivity index (χ3v) is 2.26. The van der Waals surface area contributed by atoms with Gasteiger partial charge < -0.3 is 29.5 Å². The van der Waals surface area contributed by atoms with Gasteiger partial charge in [-0.2, -0.15) is 0 Å². The van der Waals surface area contributed by atoms with E-state index in [9.17, 15) is 0 Å². The van der Waals surface area contributed by atoms with Crippen LogP contribution in [0.15, 0.2) is 0 Å². The Labute approximate surface area is 108 Å². The van der Waals surface area contributed by atoms with Crippen LogP contribution in [0.5, 0.6) is 0 Å². The third-order valence-electron chi connectivity index (χ3n) is 2.26. The summed E-state index contributed by atoms with van der Waals surface area (Å²) in [5.74, 6) is 0. The van der Waals surface area contributed by atoms with Gasteiger partial charge in [0.05, 0.1) is 18.8 Å². The van der Waals surface area contributed by atoms with Crippen molar-refractivity contribution in [3.05, 3.63) is 0 Å². The second-order valence-corrected chi connectivity index (χ2v) is 4.62. The molecule has 0 aliphatic rings. The van der Waals surface area contributed by atoms with Gasteiger partial charge in [0, 0.05) is 13.2 Å². The van der Waals surface area contributed by atoms with E-state index in [1.54, 1.807) is 13.8 Å². The number of unbranched alkanes of at least 4 members (excludes halogenated alkanes) is 2. The first kappa shape index (κ1) is 17.8. The smallest absolute Gasteiger partial charge is 0.184 e. The molecule has 6 heteroatoms. The molecule has 0 radical (unpaired) electrons. The van der Waals surface area contributed by atoms with E-state index in [1.807, 2.05) is 0 Å². The summed E-state index contributed by atoms with van der Waals surface area (Å²) in [4.78, 5) is 0. The Bertz CT molecular complexity index is 185. The molecular weight excluding hydrogens is 240 g/mol. The molecule has 0 heterocycles. The second kappa shape index (κ2) is 10.7. The molecule has 0 bridgehead atoms. The van der Waals surface area contributed by atoms with Crippen molar-refractivity contribution in [3.63, 3.8) is 0 Å². The molecule has 0 amide bonds. The standard InChI is InChI=1S/C12H26O6/c1-12(2,9-15)18-11(8-14)17-10-16-7-5-3-4-6-13/h11,13-15H,3-10H2,1-2H3. The molecule has 0 saturated carbocycles. The maximum absolute atomic E-state index is 9.04. The molecule has 0 aliphatic heterocycles. The predicted octanol–water partition coefficient (Wildman–Crippen LogP) is 0.246. The van der Waals surface area contributed by atoms with Crippen LogP contribution in [0.1, 0.15) is 33.1 Å². The summed E-state index contributed by atoms with van der Waals surface area (Å²) in [5, 5.41) is 26.6. The van der Waals surface area contributed by atoms with Crippen molar-refractivity contribution in [1.29, 1.82) is 0 Å². The summed E-state index contributed by atoms with van der Waals surface area (Å²) in [7, 11) is 0. The fraction of sp³-hybridized carbons (Fsp3) is 1.00. The van der Waals surface area contributed by atoms with Gasteiger partial charge in [0.15, 0.2) is 6.29 Å². The summed E-state index contributed by atoms with van der Waals surface area (Å²) in [6.45, 7) is 3.73. The minimum absolute atomic E-state index is 0.0336. The second-order valence-electron chi connectivity index (χ2n) is 4.62. The zero-order valence-electron chi connectivity index (χ0n) is 11.3. The van der Waals surface area contributed by atoms with Gasteiger partial charge in [-0.25, -0.2) is 0 Å². The topological polar surface area (TPSA) is 88.4 Å². The first-order chi connectivity index (χ1) is 8.55. The van der Waals surface area contributed by atoms with E-state index in [0.29, 0.717) is 6.61 Å². The average Bonchev–Trinajstić information content (AvgIpc) is 2.36. The molecule has 6 nitrogen and oxygen atoms in total. The van der Waals surface area contributed by atoms with Crippen molar-refractivity contribution in [3.8, 4) is 0 Å². The van der Waals surface area contributed by atoms with Crippen molar-refractivity contribution >= 4 is 0 Å². The lowest BCUT2D eigenvalue weighted by atomic mass is 10.1. The molecule has 3 N–H and O–H groups in total. The molecule has 0 aromatic heterocycles. The van der Waals surface area contributed by atoms with Gasteiger partial charge in [0.25, 0.3) is 0 Å². The van der Waals surface area contributed by atoms with Crippen molar-refractivity contribution in [2.45, 2.75) is 45.0 Å². The molecule has 110 valence electrons. The van der Waals surface area contributed by atoms with Crippen molar-refractivity contribution in [2.75, 3.05) is 33.2 Å². The van der Waals surface area contributed by atoms with Crippen LogP contribution >= 0.6 is 0 Å². The molecule has 0 fully saturated rings. The molecule has 0 aromatic carbocycles. The Kier molecular flexibility index (Phi) is 10.5. The zero-order chi connectivity index (χ0) is 13.9. The van der Waals surface area contributed by atoms with E-state index in [1.165, 1.54) is 0 Å². The highest BCUT2D eigenvalue weighted by molar-refractivity contribution is 4.66. The van der Waals surface area contributed by atoms with Crippen molar-refractivity contribution in [2.24, 2.45) is 0 Å².